The Bertz CT molecular complexity index is 530. The Hall–Kier alpha value is -2.40. The highest BCUT2D eigenvalue weighted by Crippen LogP contribution is 2.18. The minimum atomic E-state index is -0.259. The molecule has 0 atom stereocenters. The molecule has 0 heterocycles. The monoisotopic (exact) mass is 301 g/mol. The molecule has 0 aliphatic carbocycles. The number of para-hydroxylation sites is 1. The molecule has 0 aliphatic heterocycles. The number of hydrogen-bond acceptors (Lipinski definition) is 3. The van der Waals surface area contributed by atoms with E-state index in [2.05, 4.69) is 23.8 Å². The van der Waals surface area contributed by atoms with Gasteiger partial charge in [0, 0.05) is 19.0 Å². The predicted molar refractivity (Wildman–Crippen MR) is 89.6 cm³/mol. The molecule has 0 aromatic heterocycles. The van der Waals surface area contributed by atoms with Crippen LogP contribution in [-0.4, -0.2) is 24.9 Å². The molecule has 1 aromatic carbocycles. The molecule has 0 saturated heterocycles. The number of nitrogens with one attached hydrogen (secondary N) is 2. The first-order chi connectivity index (χ1) is 10.6. The van der Waals surface area contributed by atoms with E-state index in [0.29, 0.717) is 37.2 Å². The van der Waals surface area contributed by atoms with Crippen LogP contribution in [0.1, 0.15) is 23.2 Å². The van der Waals surface area contributed by atoms with Crippen LogP contribution in [-0.2, 0) is 4.79 Å². The molecule has 1 aromatic rings. The SMILES string of the molecule is C=CCC(CC=C)C(=O)Nc1ccccc1C(=O)NCCN. The summed E-state index contributed by atoms with van der Waals surface area (Å²) in [5.41, 5.74) is 6.28. The summed E-state index contributed by atoms with van der Waals surface area (Å²) in [4.78, 5) is 24.4. The average molecular weight is 301 g/mol. The van der Waals surface area contributed by atoms with Crippen LogP contribution in [0.3, 0.4) is 0 Å². The smallest absolute Gasteiger partial charge is 0.253 e. The molecule has 22 heavy (non-hydrogen) atoms. The first kappa shape index (κ1) is 17.7. The van der Waals surface area contributed by atoms with Crippen LogP contribution < -0.4 is 16.4 Å². The third-order valence-corrected chi connectivity index (χ3v) is 3.13. The number of allylic oxidation sites excluding steroid dienone is 2. The van der Waals surface area contributed by atoms with Crippen molar-refractivity contribution in [2.45, 2.75) is 12.8 Å². The van der Waals surface area contributed by atoms with Gasteiger partial charge in [-0.2, -0.15) is 0 Å². The number of amides is 2. The van der Waals surface area contributed by atoms with E-state index in [1.807, 2.05) is 0 Å². The first-order valence-electron chi connectivity index (χ1n) is 7.24. The second kappa shape index (κ2) is 9.52. The molecule has 0 fully saturated rings. The highest BCUT2D eigenvalue weighted by molar-refractivity contribution is 6.04. The van der Waals surface area contributed by atoms with Crippen molar-refractivity contribution in [2.75, 3.05) is 18.4 Å². The Balaban J connectivity index is 2.88. The lowest BCUT2D eigenvalue weighted by Crippen LogP contribution is -2.30. The molecule has 4 N–H and O–H groups in total. The standard InChI is InChI=1S/C17H23N3O2/c1-3-7-13(8-4-2)16(21)20-15-10-6-5-9-14(15)17(22)19-12-11-18/h3-6,9-10,13H,1-2,7-8,11-12,18H2,(H,19,22)(H,20,21). The first-order valence-corrected chi connectivity index (χ1v) is 7.24. The molecule has 5 nitrogen and oxygen atoms in total. The summed E-state index contributed by atoms with van der Waals surface area (Å²) >= 11 is 0. The number of carbonyl (C=O) groups is 2. The molecular weight excluding hydrogens is 278 g/mol. The van der Waals surface area contributed by atoms with Crippen molar-refractivity contribution in [1.82, 2.24) is 5.32 Å². The fourth-order valence-electron chi connectivity index (χ4n) is 2.02. The topological polar surface area (TPSA) is 84.2 Å². The van der Waals surface area contributed by atoms with Gasteiger partial charge in [0.25, 0.3) is 5.91 Å². The molecule has 0 saturated carbocycles. The van der Waals surface area contributed by atoms with Crippen LogP contribution >= 0.6 is 0 Å². The highest BCUT2D eigenvalue weighted by Gasteiger charge is 2.18. The van der Waals surface area contributed by atoms with E-state index >= 15 is 0 Å². The van der Waals surface area contributed by atoms with Crippen molar-refractivity contribution in [1.29, 1.82) is 0 Å². The minimum Gasteiger partial charge on any atom is -0.351 e. The van der Waals surface area contributed by atoms with Crippen molar-refractivity contribution >= 4 is 17.5 Å². The molecule has 0 unspecified atom stereocenters. The summed E-state index contributed by atoms with van der Waals surface area (Å²) < 4.78 is 0. The van der Waals surface area contributed by atoms with E-state index < -0.39 is 0 Å². The van der Waals surface area contributed by atoms with Gasteiger partial charge < -0.3 is 16.4 Å². The van der Waals surface area contributed by atoms with Gasteiger partial charge in [-0.3, -0.25) is 9.59 Å². The molecular formula is C17H23N3O2. The lowest BCUT2D eigenvalue weighted by Gasteiger charge is -2.15. The number of rotatable bonds is 9. The lowest BCUT2D eigenvalue weighted by atomic mass is 10.00. The second-order valence-corrected chi connectivity index (χ2v) is 4.83. The number of carbonyl (C=O) groups excluding carboxylic acids is 2. The molecule has 2 amide bonds. The van der Waals surface area contributed by atoms with Crippen LogP contribution in [0.15, 0.2) is 49.6 Å². The van der Waals surface area contributed by atoms with Crippen molar-refractivity contribution in [3.05, 3.63) is 55.1 Å². The number of hydrogen-bond donors (Lipinski definition) is 3. The van der Waals surface area contributed by atoms with Crippen LogP contribution in [0.4, 0.5) is 5.69 Å². The van der Waals surface area contributed by atoms with E-state index in [0.717, 1.165) is 0 Å². The van der Waals surface area contributed by atoms with Gasteiger partial charge in [-0.1, -0.05) is 24.3 Å². The molecule has 0 bridgehead atoms. The van der Waals surface area contributed by atoms with Crippen molar-refractivity contribution in [2.24, 2.45) is 11.7 Å². The molecule has 0 spiro atoms. The molecule has 0 aliphatic rings. The number of anilines is 1. The van der Waals surface area contributed by atoms with Crippen molar-refractivity contribution in [3.8, 4) is 0 Å². The Morgan fingerprint density at radius 2 is 1.82 bits per heavy atom. The van der Waals surface area contributed by atoms with E-state index in [-0.39, 0.29) is 17.7 Å². The van der Waals surface area contributed by atoms with Gasteiger partial charge in [0.15, 0.2) is 0 Å². The van der Waals surface area contributed by atoms with Gasteiger partial charge in [-0.05, 0) is 25.0 Å². The molecule has 118 valence electrons. The fraction of sp³-hybridized carbons (Fsp3) is 0.294. The fourth-order valence-corrected chi connectivity index (χ4v) is 2.02. The summed E-state index contributed by atoms with van der Waals surface area (Å²) in [7, 11) is 0. The van der Waals surface area contributed by atoms with E-state index in [9.17, 15) is 9.59 Å². The minimum absolute atomic E-state index is 0.154. The maximum absolute atomic E-state index is 12.3. The average Bonchev–Trinajstić information content (AvgIpc) is 2.52. The van der Waals surface area contributed by atoms with Crippen LogP contribution in [0.2, 0.25) is 0 Å². The van der Waals surface area contributed by atoms with Crippen LogP contribution in [0, 0.1) is 5.92 Å². The van der Waals surface area contributed by atoms with Gasteiger partial charge in [-0.25, -0.2) is 0 Å². The number of benzene rings is 1. The van der Waals surface area contributed by atoms with Crippen LogP contribution in [0.25, 0.3) is 0 Å². The predicted octanol–water partition coefficient (Wildman–Crippen LogP) is 2.08. The Morgan fingerprint density at radius 3 is 2.41 bits per heavy atom. The summed E-state index contributed by atoms with van der Waals surface area (Å²) in [6.07, 6.45) is 4.51. The van der Waals surface area contributed by atoms with Gasteiger partial charge in [0.1, 0.15) is 0 Å². The third kappa shape index (κ3) is 5.18. The van der Waals surface area contributed by atoms with E-state index in [4.69, 9.17) is 5.73 Å². The molecule has 5 heteroatoms. The Morgan fingerprint density at radius 1 is 1.18 bits per heavy atom. The summed E-state index contributed by atoms with van der Waals surface area (Å²) in [6, 6.07) is 6.88. The van der Waals surface area contributed by atoms with Gasteiger partial charge >= 0.3 is 0 Å². The second-order valence-electron chi connectivity index (χ2n) is 4.83. The zero-order valence-corrected chi connectivity index (χ0v) is 12.7. The Kier molecular flexibility index (Phi) is 7.64. The maximum atomic E-state index is 12.3. The van der Waals surface area contributed by atoms with Gasteiger partial charge in [-0.15, -0.1) is 13.2 Å². The zero-order valence-electron chi connectivity index (χ0n) is 12.7. The van der Waals surface area contributed by atoms with E-state index in [1.165, 1.54) is 0 Å². The molecule has 0 radical (unpaired) electrons. The quantitative estimate of drug-likeness (QED) is 0.611. The van der Waals surface area contributed by atoms with E-state index in [1.54, 1.807) is 36.4 Å². The highest BCUT2D eigenvalue weighted by atomic mass is 16.2. The van der Waals surface area contributed by atoms with Gasteiger partial charge in [0.05, 0.1) is 11.3 Å². The zero-order chi connectivity index (χ0) is 16.4. The third-order valence-electron chi connectivity index (χ3n) is 3.13. The lowest BCUT2D eigenvalue weighted by molar-refractivity contribution is -0.119. The normalized spacial score (nSPS) is 10.1. The van der Waals surface area contributed by atoms with Crippen LogP contribution in [0.5, 0.6) is 0 Å². The van der Waals surface area contributed by atoms with Crippen molar-refractivity contribution in [3.63, 3.8) is 0 Å². The molecule has 1 rings (SSSR count). The Labute approximate surface area is 131 Å². The maximum Gasteiger partial charge on any atom is 0.253 e. The van der Waals surface area contributed by atoms with Gasteiger partial charge in [0.2, 0.25) is 5.91 Å². The summed E-state index contributed by atoms with van der Waals surface area (Å²) in [6.45, 7) is 8.07. The van der Waals surface area contributed by atoms with Crippen molar-refractivity contribution < 1.29 is 9.59 Å². The summed E-state index contributed by atoms with van der Waals surface area (Å²) in [5, 5.41) is 5.51. The summed E-state index contributed by atoms with van der Waals surface area (Å²) in [5.74, 6) is -0.653. The number of nitrogens with two attached hydrogens (primary N) is 1. The largest absolute Gasteiger partial charge is 0.351 e.